The average Bonchev–Trinajstić information content (AvgIpc) is 3.84. The van der Waals surface area contributed by atoms with Crippen LogP contribution in [0.2, 0.25) is 0 Å². The van der Waals surface area contributed by atoms with Crippen molar-refractivity contribution in [3.05, 3.63) is 72.8 Å². The van der Waals surface area contributed by atoms with Gasteiger partial charge in [0.15, 0.2) is 23.3 Å². The minimum Gasteiger partial charge on any atom is -0.324 e. The van der Waals surface area contributed by atoms with Crippen molar-refractivity contribution in [3.63, 3.8) is 0 Å². The molecule has 0 saturated carbocycles. The van der Waals surface area contributed by atoms with Gasteiger partial charge in [-0.1, -0.05) is 72.8 Å². The number of hydrogen-bond acceptors (Lipinski definition) is 14. The van der Waals surface area contributed by atoms with Gasteiger partial charge in [-0.3, -0.25) is 18.2 Å². The summed E-state index contributed by atoms with van der Waals surface area (Å²) in [6.45, 7) is 0. The number of aromatic amines is 2. The molecule has 0 unspecified atom stereocenters. The first-order valence-electron chi connectivity index (χ1n) is 15.5. The summed E-state index contributed by atoms with van der Waals surface area (Å²) in [5, 5.41) is -1.17. The van der Waals surface area contributed by atoms with Crippen molar-refractivity contribution in [1.82, 2.24) is 39.9 Å². The molecule has 9 rings (SSSR count). The quantitative estimate of drug-likeness (QED) is 0.108. The first kappa shape index (κ1) is 38.3. The Morgan fingerprint density at radius 2 is 0.632 bits per heavy atom. The zero-order chi connectivity index (χ0) is 39.7. The summed E-state index contributed by atoms with van der Waals surface area (Å²) in [5.41, 5.74) is 0.187. The number of hydrogen-bond donors (Lipinski definition) is 6. The summed E-state index contributed by atoms with van der Waals surface area (Å²) in [5.74, 6) is -0.428. The van der Waals surface area contributed by atoms with E-state index in [1.54, 1.807) is 60.7 Å². The molecule has 20 nitrogen and oxygen atoms in total. The van der Waals surface area contributed by atoms with Gasteiger partial charge in [-0.2, -0.15) is 33.7 Å². The van der Waals surface area contributed by atoms with E-state index in [1.165, 1.54) is 12.1 Å². The number of aromatic nitrogens is 8. The monoisotopic (exact) mass is 890 g/mol. The average molecular weight is 891 g/mol. The van der Waals surface area contributed by atoms with E-state index >= 15 is 0 Å². The Balaban J connectivity index is 0.00000455. The molecule has 0 atom stereocenters. The molecular formula is C32H18FeN8O12S4. The summed E-state index contributed by atoms with van der Waals surface area (Å²) < 4.78 is 146. The van der Waals surface area contributed by atoms with Crippen molar-refractivity contribution in [2.24, 2.45) is 0 Å². The molecule has 4 aromatic carbocycles. The van der Waals surface area contributed by atoms with Gasteiger partial charge in [-0.15, -0.1) is 0 Å². The van der Waals surface area contributed by atoms with E-state index in [2.05, 4.69) is 29.9 Å². The van der Waals surface area contributed by atoms with Crippen LogP contribution in [0, 0.1) is 0 Å². The molecule has 0 aliphatic carbocycles. The predicted octanol–water partition coefficient (Wildman–Crippen LogP) is 3.85. The van der Waals surface area contributed by atoms with Crippen molar-refractivity contribution in [2.75, 3.05) is 0 Å². The Labute approximate surface area is 329 Å². The largest absolute Gasteiger partial charge is 0.324 e. The van der Waals surface area contributed by atoms with Gasteiger partial charge in [0.25, 0.3) is 40.5 Å². The molecule has 3 aromatic heterocycles. The Morgan fingerprint density at radius 1 is 0.368 bits per heavy atom. The van der Waals surface area contributed by atoms with Crippen LogP contribution in [0.25, 0.3) is 89.7 Å². The van der Waals surface area contributed by atoms with E-state index in [-0.39, 0.29) is 51.5 Å². The van der Waals surface area contributed by atoms with E-state index in [9.17, 15) is 51.9 Å². The maximum absolute atomic E-state index is 13.2. The Bertz CT molecular complexity index is 3380. The van der Waals surface area contributed by atoms with Gasteiger partial charge in [0, 0.05) is 50.1 Å². The van der Waals surface area contributed by atoms with Crippen molar-refractivity contribution >= 4 is 84.6 Å². The molecule has 2 aliphatic rings. The zero-order valence-corrected chi connectivity index (χ0v) is 32.0. The van der Waals surface area contributed by atoms with Gasteiger partial charge in [0.2, 0.25) is 0 Å². The molecule has 0 amide bonds. The van der Waals surface area contributed by atoms with E-state index in [1.807, 2.05) is 0 Å². The van der Waals surface area contributed by atoms with Crippen LogP contribution in [0.15, 0.2) is 92.4 Å². The molecule has 8 bridgehead atoms. The van der Waals surface area contributed by atoms with Gasteiger partial charge < -0.3 is 9.97 Å². The molecule has 57 heavy (non-hydrogen) atoms. The Morgan fingerprint density at radius 3 is 0.930 bits per heavy atom. The third kappa shape index (κ3) is 6.08. The maximum Gasteiger partial charge on any atom is 0.297 e. The molecule has 2 aliphatic heterocycles. The van der Waals surface area contributed by atoms with Crippen molar-refractivity contribution in [3.8, 4) is 45.6 Å². The predicted molar refractivity (Wildman–Crippen MR) is 195 cm³/mol. The van der Waals surface area contributed by atoms with E-state index < -0.39 is 82.1 Å². The number of fused-ring (bicyclic) bond motifs is 20. The van der Waals surface area contributed by atoms with Crippen LogP contribution in [0.4, 0.5) is 0 Å². The van der Waals surface area contributed by atoms with Gasteiger partial charge in [0.05, 0.1) is 10.8 Å². The number of rotatable bonds is 4. The molecule has 6 N–H and O–H groups in total. The maximum atomic E-state index is 13.2. The summed E-state index contributed by atoms with van der Waals surface area (Å²) in [6.07, 6.45) is 0. The number of benzene rings is 4. The minimum atomic E-state index is -6.24. The van der Waals surface area contributed by atoms with E-state index in [0.29, 0.717) is 33.2 Å². The third-order valence-electron chi connectivity index (χ3n) is 8.85. The van der Waals surface area contributed by atoms with Crippen LogP contribution in [-0.4, -0.2) is 91.8 Å². The zero-order valence-electron chi connectivity index (χ0n) is 27.7. The standard InChI is InChI=1S/C32H18N8O12S4.Fe/c41-53(42,43)21-19-20(22(54(44,45)46)24(56(50,51)52)23(21)55(47,48)49)32-39-30-18-12-6-4-10-16(18)28(37-30)35-26-14-8-2-1-7-13(14)25(33-26)34-27-15-9-3-5-11-17(15)29(36-27)38-31(19)40-32;/h1-12H,(H,41,42,43)(H,44,45,46)(H,47,48,49)(H,50,51,52)(H2,33,34,35,36,37,38,39,40);. The fraction of sp³-hybridized carbons (Fsp3) is 0. The van der Waals surface area contributed by atoms with E-state index in [4.69, 9.17) is 9.97 Å². The smallest absolute Gasteiger partial charge is 0.297 e. The molecule has 0 spiro atoms. The second-order valence-corrected chi connectivity index (χ2v) is 17.6. The fourth-order valence-electron chi connectivity index (χ4n) is 6.75. The van der Waals surface area contributed by atoms with Crippen molar-refractivity contribution in [1.29, 1.82) is 0 Å². The molecular weight excluding hydrogens is 873 g/mol. The van der Waals surface area contributed by atoms with Crippen LogP contribution in [0.3, 0.4) is 0 Å². The van der Waals surface area contributed by atoms with Gasteiger partial charge in [-0.25, -0.2) is 29.9 Å². The van der Waals surface area contributed by atoms with Crippen molar-refractivity contribution < 1.29 is 69.0 Å². The molecule has 0 radical (unpaired) electrons. The summed E-state index contributed by atoms with van der Waals surface area (Å²) in [4.78, 5) is 24.5. The topological polar surface area (TPSA) is 326 Å². The summed E-state index contributed by atoms with van der Waals surface area (Å²) in [6, 6.07) is 19.9. The normalized spacial score (nSPS) is 13.0. The molecule has 25 heteroatoms. The SMILES string of the molecule is O=S(=O)(O)c1c(S(=O)(=O)O)c(S(=O)(=O)O)c2c3nc4nc(nc5[nH]c(nc6nc(nc([nH]3)c2c1S(=O)(=O)O)-c1ccccc1-6)c1ccccc51)-c1ccccc1-4.[Fe]. The second kappa shape index (κ2) is 12.7. The molecule has 0 fully saturated rings. The van der Waals surface area contributed by atoms with Crippen LogP contribution in [-0.2, 0) is 57.5 Å². The first-order chi connectivity index (χ1) is 26.3. The number of H-pyrrole nitrogens is 2. The number of nitrogens with one attached hydrogen (secondary N) is 2. The molecule has 5 heterocycles. The van der Waals surface area contributed by atoms with Crippen molar-refractivity contribution in [2.45, 2.75) is 19.6 Å². The summed E-state index contributed by atoms with van der Waals surface area (Å²) >= 11 is 0. The van der Waals surface area contributed by atoms with Crippen LogP contribution >= 0.6 is 0 Å². The fourth-order valence-corrected chi connectivity index (χ4v) is 11.7. The second-order valence-electron chi connectivity index (χ2n) is 12.2. The van der Waals surface area contributed by atoms with Gasteiger partial charge >= 0.3 is 0 Å². The minimum absolute atomic E-state index is 0. The van der Waals surface area contributed by atoms with Gasteiger partial charge in [-0.05, 0) is 0 Å². The van der Waals surface area contributed by atoms with Crippen LogP contribution in [0.5, 0.6) is 0 Å². The van der Waals surface area contributed by atoms with Gasteiger partial charge in [0.1, 0.15) is 42.2 Å². The first-order valence-corrected chi connectivity index (χ1v) is 21.3. The number of nitrogens with zero attached hydrogens (tertiary/aromatic N) is 6. The van der Waals surface area contributed by atoms with E-state index in [0.717, 1.165) is 0 Å². The molecule has 7 aromatic rings. The molecule has 0 saturated heterocycles. The molecule has 290 valence electrons. The summed E-state index contributed by atoms with van der Waals surface area (Å²) in [7, 11) is -24.6. The Hall–Kier alpha value is -5.60. The van der Waals surface area contributed by atoms with Crippen LogP contribution in [0.1, 0.15) is 0 Å². The third-order valence-corrected chi connectivity index (χ3v) is 12.9. The van der Waals surface area contributed by atoms with Crippen LogP contribution < -0.4 is 0 Å². The Kier molecular flexibility index (Phi) is 8.53.